The molecule has 1 unspecified atom stereocenters. The van der Waals surface area contributed by atoms with Crippen LogP contribution < -0.4 is 16.4 Å². The molecule has 2 fully saturated rings. The third kappa shape index (κ3) is 2.77. The molecule has 0 radical (unpaired) electrons. The highest BCUT2D eigenvalue weighted by atomic mass is 35.5. The smallest absolute Gasteiger partial charge is 0.169 e. The SMILES string of the molecule is Nc1cc(N)c(N2CCC(N3CCCCC3)C2)c(F)c1Cl. The fourth-order valence-corrected chi connectivity index (χ4v) is 3.65. The molecule has 21 heavy (non-hydrogen) atoms. The van der Waals surface area contributed by atoms with Gasteiger partial charge in [-0.3, -0.25) is 4.90 Å². The number of hydrogen-bond acceptors (Lipinski definition) is 4. The molecule has 2 aliphatic heterocycles. The molecule has 0 bridgehead atoms. The van der Waals surface area contributed by atoms with Gasteiger partial charge in [0.2, 0.25) is 0 Å². The minimum absolute atomic E-state index is 0.0272. The van der Waals surface area contributed by atoms with Gasteiger partial charge in [0.15, 0.2) is 5.82 Å². The quantitative estimate of drug-likeness (QED) is 0.824. The van der Waals surface area contributed by atoms with Crippen molar-refractivity contribution in [3.8, 4) is 0 Å². The average molecular weight is 313 g/mol. The summed E-state index contributed by atoms with van der Waals surface area (Å²) in [5.74, 6) is -0.492. The molecule has 1 atom stereocenters. The summed E-state index contributed by atoms with van der Waals surface area (Å²) in [5, 5.41) is -0.0272. The molecule has 4 N–H and O–H groups in total. The molecule has 0 spiro atoms. The van der Waals surface area contributed by atoms with Crippen LogP contribution in [0, 0.1) is 5.82 Å². The van der Waals surface area contributed by atoms with E-state index in [1.807, 2.05) is 4.90 Å². The molecule has 2 heterocycles. The number of likely N-dealkylation sites (tertiary alicyclic amines) is 1. The van der Waals surface area contributed by atoms with E-state index in [4.69, 9.17) is 23.1 Å². The van der Waals surface area contributed by atoms with Gasteiger partial charge in [0.25, 0.3) is 0 Å². The van der Waals surface area contributed by atoms with Gasteiger partial charge in [-0.1, -0.05) is 18.0 Å². The van der Waals surface area contributed by atoms with Gasteiger partial charge in [0.1, 0.15) is 5.02 Å². The second-order valence-electron chi connectivity index (χ2n) is 6.02. The van der Waals surface area contributed by atoms with Gasteiger partial charge in [0.05, 0.1) is 17.1 Å². The topological polar surface area (TPSA) is 58.5 Å². The lowest BCUT2D eigenvalue weighted by atomic mass is 10.1. The van der Waals surface area contributed by atoms with Crippen LogP contribution in [0.3, 0.4) is 0 Å². The lowest BCUT2D eigenvalue weighted by Gasteiger charge is -2.32. The number of benzene rings is 1. The summed E-state index contributed by atoms with van der Waals surface area (Å²) in [6.07, 6.45) is 4.89. The lowest BCUT2D eigenvalue weighted by molar-refractivity contribution is 0.175. The Morgan fingerprint density at radius 3 is 2.52 bits per heavy atom. The Labute approximate surface area is 129 Å². The van der Waals surface area contributed by atoms with Crippen molar-refractivity contribution < 1.29 is 4.39 Å². The largest absolute Gasteiger partial charge is 0.397 e. The number of nitrogens with zero attached hydrogens (tertiary/aromatic N) is 2. The summed E-state index contributed by atoms with van der Waals surface area (Å²) in [4.78, 5) is 4.53. The van der Waals surface area contributed by atoms with E-state index in [2.05, 4.69) is 4.90 Å². The maximum Gasteiger partial charge on any atom is 0.169 e. The molecule has 116 valence electrons. The number of hydrogen-bond donors (Lipinski definition) is 2. The number of piperidine rings is 1. The zero-order valence-electron chi connectivity index (χ0n) is 12.1. The van der Waals surface area contributed by atoms with E-state index in [9.17, 15) is 4.39 Å². The molecule has 0 aromatic heterocycles. The second kappa shape index (κ2) is 5.89. The number of nitrogen functional groups attached to an aromatic ring is 2. The van der Waals surface area contributed by atoms with E-state index in [-0.39, 0.29) is 10.7 Å². The van der Waals surface area contributed by atoms with Crippen LogP contribution in [0.2, 0.25) is 5.02 Å². The molecule has 2 aliphatic rings. The van der Waals surface area contributed by atoms with Crippen LogP contribution >= 0.6 is 11.6 Å². The van der Waals surface area contributed by atoms with Crippen LogP contribution in [0.5, 0.6) is 0 Å². The summed E-state index contributed by atoms with van der Waals surface area (Å²) < 4.78 is 14.4. The molecule has 1 aromatic carbocycles. The Balaban J connectivity index is 1.78. The first kappa shape index (κ1) is 14.7. The molecule has 6 heteroatoms. The molecule has 2 saturated heterocycles. The normalized spacial score (nSPS) is 23.7. The molecule has 0 amide bonds. The van der Waals surface area contributed by atoms with Crippen LogP contribution in [0.15, 0.2) is 6.07 Å². The third-order valence-electron chi connectivity index (χ3n) is 4.63. The van der Waals surface area contributed by atoms with E-state index in [1.54, 1.807) is 6.07 Å². The summed E-state index contributed by atoms with van der Waals surface area (Å²) >= 11 is 5.93. The fourth-order valence-electron chi connectivity index (χ4n) is 3.50. The first-order chi connectivity index (χ1) is 10.1. The Morgan fingerprint density at radius 1 is 1.10 bits per heavy atom. The van der Waals surface area contributed by atoms with E-state index >= 15 is 0 Å². The predicted molar refractivity (Wildman–Crippen MR) is 86.3 cm³/mol. The predicted octanol–water partition coefficient (Wildman–Crippen LogP) is 2.71. The van der Waals surface area contributed by atoms with E-state index in [1.165, 1.54) is 19.3 Å². The second-order valence-corrected chi connectivity index (χ2v) is 6.39. The lowest BCUT2D eigenvalue weighted by Crippen LogP contribution is -2.41. The fraction of sp³-hybridized carbons (Fsp3) is 0.600. The van der Waals surface area contributed by atoms with Crippen LogP contribution in [-0.4, -0.2) is 37.1 Å². The number of nitrogens with two attached hydrogens (primary N) is 2. The van der Waals surface area contributed by atoms with Crippen molar-refractivity contribution >= 4 is 28.7 Å². The monoisotopic (exact) mass is 312 g/mol. The van der Waals surface area contributed by atoms with Crippen LogP contribution in [0.4, 0.5) is 21.5 Å². The first-order valence-electron chi connectivity index (χ1n) is 7.60. The van der Waals surface area contributed by atoms with Crippen LogP contribution in [0.1, 0.15) is 25.7 Å². The Hall–Kier alpha value is -1.20. The summed E-state index contributed by atoms with van der Waals surface area (Å²) in [6, 6.07) is 2.04. The maximum absolute atomic E-state index is 14.4. The van der Waals surface area contributed by atoms with Gasteiger partial charge in [0, 0.05) is 19.1 Å². The van der Waals surface area contributed by atoms with Crippen molar-refractivity contribution in [1.82, 2.24) is 4.90 Å². The van der Waals surface area contributed by atoms with Crippen LogP contribution in [0.25, 0.3) is 0 Å². The van der Waals surface area contributed by atoms with Crippen molar-refractivity contribution in [1.29, 1.82) is 0 Å². The van der Waals surface area contributed by atoms with Gasteiger partial charge in [-0.25, -0.2) is 4.39 Å². The molecule has 3 rings (SSSR count). The zero-order valence-corrected chi connectivity index (χ0v) is 12.9. The molecule has 0 aliphatic carbocycles. The first-order valence-corrected chi connectivity index (χ1v) is 7.97. The highest BCUT2D eigenvalue weighted by Gasteiger charge is 2.31. The zero-order chi connectivity index (χ0) is 15.0. The minimum atomic E-state index is -0.492. The molecule has 0 saturated carbocycles. The van der Waals surface area contributed by atoms with E-state index in [0.29, 0.717) is 17.4 Å². The molecule has 4 nitrogen and oxygen atoms in total. The van der Waals surface area contributed by atoms with Gasteiger partial charge in [-0.15, -0.1) is 0 Å². The number of rotatable bonds is 2. The Morgan fingerprint density at radius 2 is 1.81 bits per heavy atom. The Kier molecular flexibility index (Phi) is 4.13. The highest BCUT2D eigenvalue weighted by Crippen LogP contribution is 2.38. The van der Waals surface area contributed by atoms with Crippen LogP contribution in [-0.2, 0) is 0 Å². The molecular weight excluding hydrogens is 291 g/mol. The van der Waals surface area contributed by atoms with Crippen molar-refractivity contribution in [3.63, 3.8) is 0 Å². The third-order valence-corrected chi connectivity index (χ3v) is 5.01. The van der Waals surface area contributed by atoms with Gasteiger partial charge >= 0.3 is 0 Å². The minimum Gasteiger partial charge on any atom is -0.397 e. The summed E-state index contributed by atoms with van der Waals surface area (Å²) in [7, 11) is 0. The van der Waals surface area contributed by atoms with Gasteiger partial charge in [-0.05, 0) is 38.4 Å². The summed E-state index contributed by atoms with van der Waals surface area (Å²) in [5.41, 5.74) is 12.6. The number of anilines is 3. The highest BCUT2D eigenvalue weighted by molar-refractivity contribution is 6.33. The van der Waals surface area contributed by atoms with Crippen molar-refractivity contribution in [2.75, 3.05) is 42.5 Å². The van der Waals surface area contributed by atoms with Gasteiger partial charge in [-0.2, -0.15) is 0 Å². The average Bonchev–Trinajstić information content (AvgIpc) is 2.95. The van der Waals surface area contributed by atoms with Crippen molar-refractivity contribution in [3.05, 3.63) is 16.9 Å². The molecular formula is C15H22ClFN4. The van der Waals surface area contributed by atoms with E-state index < -0.39 is 5.82 Å². The van der Waals surface area contributed by atoms with Gasteiger partial charge < -0.3 is 16.4 Å². The van der Waals surface area contributed by atoms with E-state index in [0.717, 1.165) is 32.6 Å². The Bertz CT molecular complexity index is 531. The molecule has 1 aromatic rings. The summed E-state index contributed by atoms with van der Waals surface area (Å²) in [6.45, 7) is 3.92. The van der Waals surface area contributed by atoms with Crippen molar-refractivity contribution in [2.24, 2.45) is 0 Å². The number of halogens is 2. The standard InChI is InChI=1S/C15H22ClFN4/c16-13-11(18)8-12(19)15(14(13)17)21-7-4-10(9-21)20-5-2-1-3-6-20/h8,10H,1-7,9,18-19H2. The maximum atomic E-state index is 14.4. The van der Waals surface area contributed by atoms with Crippen molar-refractivity contribution in [2.45, 2.75) is 31.7 Å².